The van der Waals surface area contributed by atoms with Crippen molar-refractivity contribution >= 4 is 5.78 Å². The fourth-order valence-electron chi connectivity index (χ4n) is 2.10. The van der Waals surface area contributed by atoms with Gasteiger partial charge in [-0.05, 0) is 24.3 Å². The average molecular weight is 332 g/mol. The summed E-state index contributed by atoms with van der Waals surface area (Å²) in [4.78, 5) is 16.4. The lowest BCUT2D eigenvalue weighted by molar-refractivity contribution is -0.137. The first-order valence-electron chi connectivity index (χ1n) is 6.95. The van der Waals surface area contributed by atoms with Gasteiger partial charge in [0.25, 0.3) is 0 Å². The summed E-state index contributed by atoms with van der Waals surface area (Å²) in [5.41, 5.74) is 0.118. The molecule has 8 heteroatoms. The predicted molar refractivity (Wildman–Crippen MR) is 78.2 cm³/mol. The summed E-state index contributed by atoms with van der Waals surface area (Å²) >= 11 is 0. The lowest BCUT2D eigenvalue weighted by atomic mass is 10.1. The molecule has 0 amide bonds. The minimum atomic E-state index is -4.44. The number of carbonyl (C=O) groups excluding carboxylic acids is 1. The van der Waals surface area contributed by atoms with Crippen LogP contribution in [0.3, 0.4) is 0 Å². The number of carbonyl (C=O) groups is 1. The molecular formula is C16H11F3N4O. The molecule has 0 aliphatic carbocycles. The number of alkyl halides is 3. The number of benzene rings is 1. The van der Waals surface area contributed by atoms with Crippen LogP contribution >= 0.6 is 0 Å². The van der Waals surface area contributed by atoms with E-state index >= 15 is 0 Å². The van der Waals surface area contributed by atoms with Gasteiger partial charge in [0.15, 0.2) is 5.69 Å². The zero-order chi connectivity index (χ0) is 17.2. The third-order valence-corrected chi connectivity index (χ3v) is 3.30. The van der Waals surface area contributed by atoms with E-state index in [9.17, 15) is 18.0 Å². The quantitative estimate of drug-likeness (QED) is 0.689. The Balaban J connectivity index is 1.76. The molecule has 0 aliphatic heterocycles. The Morgan fingerprint density at radius 1 is 1.08 bits per heavy atom. The van der Waals surface area contributed by atoms with Crippen LogP contribution in [0.2, 0.25) is 0 Å². The smallest absolute Gasteiger partial charge is 0.287 e. The second kappa shape index (κ2) is 6.23. The summed E-state index contributed by atoms with van der Waals surface area (Å²) < 4.78 is 39.1. The predicted octanol–water partition coefficient (Wildman–Crippen LogP) is 2.97. The van der Waals surface area contributed by atoms with Gasteiger partial charge >= 0.3 is 6.18 Å². The lowest BCUT2D eigenvalue weighted by Crippen LogP contribution is -2.07. The van der Waals surface area contributed by atoms with Gasteiger partial charge in [0.1, 0.15) is 0 Å². The highest BCUT2D eigenvalue weighted by Gasteiger charge is 2.30. The number of hydrogen-bond donors (Lipinski definition) is 0. The molecule has 5 nitrogen and oxygen atoms in total. The molecular weight excluding hydrogens is 321 g/mol. The van der Waals surface area contributed by atoms with Crippen molar-refractivity contribution in [3.8, 4) is 0 Å². The van der Waals surface area contributed by atoms with Gasteiger partial charge in [-0.25, -0.2) is 4.68 Å². The molecule has 3 rings (SSSR count). The van der Waals surface area contributed by atoms with Gasteiger partial charge < -0.3 is 0 Å². The van der Waals surface area contributed by atoms with Crippen LogP contribution in [-0.2, 0) is 12.7 Å². The highest BCUT2D eigenvalue weighted by atomic mass is 19.4. The lowest BCUT2D eigenvalue weighted by Gasteiger charge is -2.06. The Morgan fingerprint density at radius 2 is 1.83 bits per heavy atom. The molecule has 0 radical (unpaired) electrons. The molecule has 2 heterocycles. The standard InChI is InChI=1S/C16H11F3N4O/c17-16(18,19)12-6-4-11(5-7-12)15(24)14-10-23(22-21-14)9-13-3-1-2-8-20-13/h1-8,10H,9H2. The zero-order valence-electron chi connectivity index (χ0n) is 12.2. The Labute approximate surface area is 134 Å². The van der Waals surface area contributed by atoms with Crippen LogP contribution in [0.25, 0.3) is 0 Å². The zero-order valence-corrected chi connectivity index (χ0v) is 12.2. The highest BCUT2D eigenvalue weighted by molar-refractivity contribution is 6.07. The molecule has 0 saturated carbocycles. The van der Waals surface area contributed by atoms with Crippen LogP contribution in [-0.4, -0.2) is 25.8 Å². The normalized spacial score (nSPS) is 11.5. The Kier molecular flexibility index (Phi) is 4.11. The van der Waals surface area contributed by atoms with Crippen molar-refractivity contribution < 1.29 is 18.0 Å². The molecule has 0 unspecified atom stereocenters. The minimum absolute atomic E-state index is 0.0608. The minimum Gasteiger partial charge on any atom is -0.287 e. The molecule has 0 N–H and O–H groups in total. The van der Waals surface area contributed by atoms with Crippen molar-refractivity contribution in [2.75, 3.05) is 0 Å². The Bertz CT molecular complexity index is 842. The van der Waals surface area contributed by atoms with E-state index in [1.165, 1.54) is 10.9 Å². The first kappa shape index (κ1) is 15.9. The summed E-state index contributed by atoms with van der Waals surface area (Å²) in [5.74, 6) is -0.490. The molecule has 0 saturated heterocycles. The molecule has 122 valence electrons. The third kappa shape index (κ3) is 3.48. The molecule has 24 heavy (non-hydrogen) atoms. The van der Waals surface area contributed by atoms with E-state index in [1.54, 1.807) is 18.3 Å². The number of ketones is 1. The van der Waals surface area contributed by atoms with E-state index in [2.05, 4.69) is 15.3 Å². The van der Waals surface area contributed by atoms with Gasteiger partial charge in [-0.1, -0.05) is 23.4 Å². The average Bonchev–Trinajstić information content (AvgIpc) is 3.03. The second-order valence-electron chi connectivity index (χ2n) is 5.03. The van der Waals surface area contributed by atoms with E-state index in [4.69, 9.17) is 0 Å². The largest absolute Gasteiger partial charge is 0.416 e. The molecule has 0 aliphatic rings. The van der Waals surface area contributed by atoms with Crippen molar-refractivity contribution in [2.24, 2.45) is 0 Å². The monoisotopic (exact) mass is 332 g/mol. The van der Waals surface area contributed by atoms with E-state index < -0.39 is 17.5 Å². The topological polar surface area (TPSA) is 60.7 Å². The van der Waals surface area contributed by atoms with Crippen molar-refractivity contribution in [3.05, 3.63) is 77.4 Å². The summed E-state index contributed by atoms with van der Waals surface area (Å²) in [7, 11) is 0. The molecule has 3 aromatic rings. The number of hydrogen-bond acceptors (Lipinski definition) is 4. The van der Waals surface area contributed by atoms with Gasteiger partial charge in [0.05, 0.1) is 24.0 Å². The molecule has 0 atom stereocenters. The van der Waals surface area contributed by atoms with Gasteiger partial charge in [-0.2, -0.15) is 13.2 Å². The fraction of sp³-hybridized carbons (Fsp3) is 0.125. The maximum Gasteiger partial charge on any atom is 0.416 e. The van der Waals surface area contributed by atoms with Crippen molar-refractivity contribution in [3.63, 3.8) is 0 Å². The van der Waals surface area contributed by atoms with Gasteiger partial charge in [-0.15, -0.1) is 5.10 Å². The van der Waals surface area contributed by atoms with Crippen LogP contribution in [0.15, 0.2) is 54.9 Å². The Hall–Kier alpha value is -3.03. The molecule has 0 bridgehead atoms. The fourth-order valence-corrected chi connectivity index (χ4v) is 2.10. The van der Waals surface area contributed by atoms with E-state index in [0.29, 0.717) is 6.54 Å². The summed E-state index contributed by atoms with van der Waals surface area (Å²) in [6.45, 7) is 0.341. The van der Waals surface area contributed by atoms with Crippen LogP contribution in [0.1, 0.15) is 27.3 Å². The summed E-state index contributed by atoms with van der Waals surface area (Å²) in [6.07, 6.45) is -1.36. The van der Waals surface area contributed by atoms with Gasteiger partial charge in [-0.3, -0.25) is 9.78 Å². The number of pyridine rings is 1. The van der Waals surface area contributed by atoms with E-state index in [0.717, 1.165) is 30.0 Å². The number of aromatic nitrogens is 4. The van der Waals surface area contributed by atoms with Crippen molar-refractivity contribution in [2.45, 2.75) is 12.7 Å². The maximum atomic E-state index is 12.5. The van der Waals surface area contributed by atoms with Crippen molar-refractivity contribution in [1.82, 2.24) is 20.0 Å². The maximum absolute atomic E-state index is 12.5. The number of halogens is 3. The molecule has 0 spiro atoms. The van der Waals surface area contributed by atoms with Crippen LogP contribution in [0.5, 0.6) is 0 Å². The van der Waals surface area contributed by atoms with E-state index in [1.807, 2.05) is 6.07 Å². The first-order valence-corrected chi connectivity index (χ1v) is 6.95. The molecule has 2 aromatic heterocycles. The highest BCUT2D eigenvalue weighted by Crippen LogP contribution is 2.29. The van der Waals surface area contributed by atoms with Gasteiger partial charge in [0.2, 0.25) is 5.78 Å². The summed E-state index contributed by atoms with van der Waals surface area (Å²) in [6, 6.07) is 9.40. The third-order valence-electron chi connectivity index (χ3n) is 3.30. The van der Waals surface area contributed by atoms with Crippen LogP contribution in [0.4, 0.5) is 13.2 Å². The van der Waals surface area contributed by atoms with Crippen LogP contribution in [0, 0.1) is 0 Å². The summed E-state index contributed by atoms with van der Waals surface area (Å²) in [5, 5.41) is 7.61. The Morgan fingerprint density at radius 3 is 2.46 bits per heavy atom. The molecule has 0 fully saturated rings. The first-order chi connectivity index (χ1) is 11.4. The van der Waals surface area contributed by atoms with Gasteiger partial charge in [0, 0.05) is 11.8 Å². The SMILES string of the molecule is O=C(c1ccc(C(F)(F)F)cc1)c1cn(Cc2ccccn2)nn1. The number of nitrogens with zero attached hydrogens (tertiary/aromatic N) is 4. The van der Waals surface area contributed by atoms with Crippen LogP contribution < -0.4 is 0 Å². The second-order valence-corrected chi connectivity index (χ2v) is 5.03. The molecule has 1 aromatic carbocycles. The number of rotatable bonds is 4. The van der Waals surface area contributed by atoms with E-state index in [-0.39, 0.29) is 11.3 Å². The van der Waals surface area contributed by atoms with Crippen molar-refractivity contribution in [1.29, 1.82) is 0 Å².